The molecule has 0 unspecified atom stereocenters. The van der Waals surface area contributed by atoms with Gasteiger partial charge in [-0.3, -0.25) is 0 Å². The van der Waals surface area contributed by atoms with Crippen molar-refractivity contribution in [2.45, 2.75) is 64.7 Å². The maximum Gasteiger partial charge on any atom is 0.131 e. The summed E-state index contributed by atoms with van der Waals surface area (Å²) in [5.74, 6) is -0.234. The molecule has 0 aliphatic heterocycles. The molecule has 0 aliphatic carbocycles. The first kappa shape index (κ1) is 14.2. The van der Waals surface area contributed by atoms with Gasteiger partial charge in [0.15, 0.2) is 0 Å². The number of unbranched alkanes of at least 4 members (excludes halogenated alkanes) is 7. The van der Waals surface area contributed by atoms with Gasteiger partial charge >= 0.3 is 0 Å². The molecule has 1 aromatic rings. The van der Waals surface area contributed by atoms with E-state index >= 15 is 0 Å². The van der Waals surface area contributed by atoms with E-state index in [9.17, 15) is 4.39 Å². The third-order valence-corrected chi connectivity index (χ3v) is 3.15. The summed E-state index contributed by atoms with van der Waals surface area (Å²) in [4.78, 5) is 0. The molecule has 0 amide bonds. The molecule has 95 valence electrons. The molecule has 0 fully saturated rings. The highest BCUT2D eigenvalue weighted by atomic mass is 19.1. The van der Waals surface area contributed by atoms with Gasteiger partial charge in [-0.25, -0.2) is 4.39 Å². The molecule has 17 heavy (non-hydrogen) atoms. The van der Waals surface area contributed by atoms with E-state index in [1.54, 1.807) is 12.1 Å². The molecular formula is C16H24F. The van der Waals surface area contributed by atoms with Gasteiger partial charge in [0.25, 0.3) is 0 Å². The molecule has 1 radical (unpaired) electrons. The second kappa shape index (κ2) is 9.21. The van der Waals surface area contributed by atoms with E-state index in [1.807, 2.05) is 6.07 Å². The molecule has 1 aromatic carbocycles. The van der Waals surface area contributed by atoms with Crippen LogP contribution < -0.4 is 0 Å². The smallest absolute Gasteiger partial charge is 0.131 e. The number of hydrogen-bond donors (Lipinski definition) is 0. The number of aryl methyl sites for hydroxylation is 1. The Morgan fingerprint density at radius 2 is 1.65 bits per heavy atom. The molecule has 1 heteroatoms. The second-order valence-corrected chi connectivity index (χ2v) is 4.77. The summed E-state index contributed by atoms with van der Waals surface area (Å²) >= 11 is 0. The predicted octanol–water partition coefficient (Wildman–Crippen LogP) is 5.31. The summed E-state index contributed by atoms with van der Waals surface area (Å²) in [7, 11) is 0. The minimum Gasteiger partial charge on any atom is -0.206 e. The first-order valence-corrected chi connectivity index (χ1v) is 6.99. The van der Waals surface area contributed by atoms with Crippen molar-refractivity contribution in [1.29, 1.82) is 0 Å². The van der Waals surface area contributed by atoms with Crippen LogP contribution in [0.5, 0.6) is 0 Å². The average molecular weight is 235 g/mol. The van der Waals surface area contributed by atoms with E-state index in [2.05, 4.69) is 13.0 Å². The van der Waals surface area contributed by atoms with Gasteiger partial charge in [0.2, 0.25) is 0 Å². The fraction of sp³-hybridized carbons (Fsp3) is 0.625. The van der Waals surface area contributed by atoms with Crippen LogP contribution >= 0.6 is 0 Å². The Morgan fingerprint density at radius 3 is 2.29 bits per heavy atom. The zero-order valence-corrected chi connectivity index (χ0v) is 11.0. The standard InChI is InChI=1S/C16H24F/c1-2-3-4-5-6-7-8-9-11-15-12-10-13-16(17)14-15/h10,12,14H,2-9,11H2,1H3. The lowest BCUT2D eigenvalue weighted by atomic mass is 10.0. The number of rotatable bonds is 9. The van der Waals surface area contributed by atoms with E-state index in [0.29, 0.717) is 0 Å². The van der Waals surface area contributed by atoms with E-state index < -0.39 is 0 Å². The molecule has 1 rings (SSSR count). The number of halogens is 1. The van der Waals surface area contributed by atoms with Crippen LogP contribution in [0.2, 0.25) is 0 Å². The minimum atomic E-state index is -0.234. The van der Waals surface area contributed by atoms with Crippen LogP contribution in [0, 0.1) is 11.9 Å². The van der Waals surface area contributed by atoms with Crippen molar-refractivity contribution in [2.75, 3.05) is 0 Å². The monoisotopic (exact) mass is 235 g/mol. The second-order valence-electron chi connectivity index (χ2n) is 4.77. The Bertz CT molecular complexity index is 293. The van der Waals surface area contributed by atoms with E-state index in [-0.39, 0.29) is 5.82 Å². The highest BCUT2D eigenvalue weighted by molar-refractivity contribution is 5.15. The number of hydrogen-bond acceptors (Lipinski definition) is 0. The zero-order chi connectivity index (χ0) is 12.3. The molecular weight excluding hydrogens is 211 g/mol. The first-order chi connectivity index (χ1) is 8.33. The topological polar surface area (TPSA) is 0 Å². The molecule has 0 N–H and O–H groups in total. The summed E-state index contributed by atoms with van der Waals surface area (Å²) in [6.07, 6.45) is 11.6. The van der Waals surface area contributed by atoms with Crippen LogP contribution in [0.1, 0.15) is 63.9 Å². The maximum atomic E-state index is 12.9. The minimum absolute atomic E-state index is 0.234. The Labute approximate surface area is 105 Å². The van der Waals surface area contributed by atoms with Crippen molar-refractivity contribution in [1.82, 2.24) is 0 Å². The van der Waals surface area contributed by atoms with Gasteiger partial charge in [0.05, 0.1) is 0 Å². The van der Waals surface area contributed by atoms with Gasteiger partial charge in [-0.15, -0.1) is 0 Å². The lowest BCUT2D eigenvalue weighted by Crippen LogP contribution is -1.87. The molecule has 0 aromatic heterocycles. The normalized spacial score (nSPS) is 10.7. The fourth-order valence-electron chi connectivity index (χ4n) is 2.10. The largest absolute Gasteiger partial charge is 0.206 e. The molecule has 0 heterocycles. The lowest BCUT2D eigenvalue weighted by Gasteiger charge is -2.02. The quantitative estimate of drug-likeness (QED) is 0.509. The summed E-state index contributed by atoms with van der Waals surface area (Å²) in [5.41, 5.74) is 1.10. The van der Waals surface area contributed by atoms with E-state index in [1.165, 1.54) is 51.4 Å². The lowest BCUT2D eigenvalue weighted by molar-refractivity contribution is 0.574. The van der Waals surface area contributed by atoms with Crippen LogP contribution in [0.15, 0.2) is 18.2 Å². The predicted molar refractivity (Wildman–Crippen MR) is 71.6 cm³/mol. The van der Waals surface area contributed by atoms with Crippen LogP contribution in [0.25, 0.3) is 0 Å². The SMILES string of the molecule is CCCCCCCCCCc1cc[c]c(F)c1. The molecule has 0 saturated carbocycles. The van der Waals surface area contributed by atoms with Crippen LogP contribution in [0.3, 0.4) is 0 Å². The average Bonchev–Trinajstić information content (AvgIpc) is 2.33. The molecule has 0 saturated heterocycles. The molecule has 0 nitrogen and oxygen atoms in total. The van der Waals surface area contributed by atoms with Crippen LogP contribution in [0.4, 0.5) is 4.39 Å². The summed E-state index contributed by atoms with van der Waals surface area (Å²) in [6.45, 7) is 2.25. The van der Waals surface area contributed by atoms with Crippen molar-refractivity contribution in [2.24, 2.45) is 0 Å². The highest BCUT2D eigenvalue weighted by Crippen LogP contribution is 2.11. The summed E-state index contributed by atoms with van der Waals surface area (Å²) in [5, 5.41) is 0. The Morgan fingerprint density at radius 1 is 1.00 bits per heavy atom. The molecule has 0 spiro atoms. The molecule has 0 bridgehead atoms. The zero-order valence-electron chi connectivity index (χ0n) is 11.0. The Hall–Kier alpha value is -0.850. The van der Waals surface area contributed by atoms with Crippen LogP contribution in [-0.2, 0) is 6.42 Å². The Kier molecular flexibility index (Phi) is 7.70. The van der Waals surface area contributed by atoms with Gasteiger partial charge in [-0.1, -0.05) is 64.0 Å². The number of benzene rings is 1. The van der Waals surface area contributed by atoms with Crippen molar-refractivity contribution >= 4 is 0 Å². The van der Waals surface area contributed by atoms with Gasteiger partial charge in [-0.05, 0) is 24.5 Å². The highest BCUT2D eigenvalue weighted by Gasteiger charge is 1.96. The van der Waals surface area contributed by atoms with Gasteiger partial charge in [0.1, 0.15) is 5.82 Å². The Balaban J connectivity index is 1.97. The van der Waals surface area contributed by atoms with E-state index in [4.69, 9.17) is 0 Å². The van der Waals surface area contributed by atoms with Gasteiger partial charge in [-0.2, -0.15) is 0 Å². The van der Waals surface area contributed by atoms with Crippen molar-refractivity contribution in [3.8, 4) is 0 Å². The summed E-state index contributed by atoms with van der Waals surface area (Å²) < 4.78 is 12.9. The van der Waals surface area contributed by atoms with Crippen molar-refractivity contribution in [3.63, 3.8) is 0 Å². The first-order valence-electron chi connectivity index (χ1n) is 6.99. The third-order valence-electron chi connectivity index (χ3n) is 3.15. The third kappa shape index (κ3) is 7.14. The van der Waals surface area contributed by atoms with Crippen molar-refractivity contribution in [3.05, 3.63) is 35.6 Å². The molecule has 0 aliphatic rings. The van der Waals surface area contributed by atoms with Crippen molar-refractivity contribution < 1.29 is 4.39 Å². The maximum absolute atomic E-state index is 12.9. The van der Waals surface area contributed by atoms with Crippen LogP contribution in [-0.4, -0.2) is 0 Å². The fourth-order valence-corrected chi connectivity index (χ4v) is 2.10. The summed E-state index contributed by atoms with van der Waals surface area (Å²) in [6, 6.07) is 7.77. The molecule has 0 atom stereocenters. The van der Waals surface area contributed by atoms with Gasteiger partial charge in [0, 0.05) is 6.07 Å². The van der Waals surface area contributed by atoms with E-state index in [0.717, 1.165) is 12.0 Å². The van der Waals surface area contributed by atoms with Gasteiger partial charge < -0.3 is 0 Å².